The van der Waals surface area contributed by atoms with Crippen molar-refractivity contribution in [3.8, 4) is 5.75 Å². The molecule has 1 unspecified atom stereocenters. The number of anilines is 1. The van der Waals surface area contributed by atoms with E-state index in [4.69, 9.17) is 9.72 Å². The van der Waals surface area contributed by atoms with E-state index in [-0.39, 0.29) is 11.8 Å². The Bertz CT molecular complexity index is 1300. The average molecular weight is 452 g/mol. The van der Waals surface area contributed by atoms with Crippen LogP contribution < -0.4 is 9.64 Å². The van der Waals surface area contributed by atoms with Crippen molar-refractivity contribution in [3.63, 3.8) is 0 Å². The van der Waals surface area contributed by atoms with E-state index < -0.39 is 0 Å². The molecule has 3 aromatic carbocycles. The monoisotopic (exact) mass is 451 g/mol. The number of ether oxygens (including phenoxy) is 1. The summed E-state index contributed by atoms with van der Waals surface area (Å²) in [6.07, 6.45) is 4.01. The van der Waals surface area contributed by atoms with Crippen LogP contribution in [0.1, 0.15) is 30.1 Å². The number of hydrogen-bond acceptors (Lipinski definition) is 3. The average Bonchev–Trinajstić information content (AvgIpc) is 3.44. The van der Waals surface area contributed by atoms with Gasteiger partial charge in [-0.2, -0.15) is 0 Å². The minimum absolute atomic E-state index is 0.0642. The number of aromatic nitrogens is 2. The minimum Gasteiger partial charge on any atom is -0.493 e. The number of carbonyl (C=O) groups excluding carboxylic acids is 1. The van der Waals surface area contributed by atoms with Crippen molar-refractivity contribution in [2.24, 2.45) is 0 Å². The number of para-hydroxylation sites is 4. The Hall–Kier alpha value is -3.86. The first-order valence-corrected chi connectivity index (χ1v) is 11.9. The highest BCUT2D eigenvalue weighted by Gasteiger charge is 2.34. The summed E-state index contributed by atoms with van der Waals surface area (Å²) in [6, 6.07) is 26.2. The Morgan fingerprint density at radius 2 is 1.76 bits per heavy atom. The van der Waals surface area contributed by atoms with E-state index >= 15 is 0 Å². The number of allylic oxidation sites excluding steroid dienone is 1. The molecule has 1 aliphatic heterocycles. The number of fused-ring (bicyclic) bond motifs is 1. The van der Waals surface area contributed by atoms with E-state index in [1.165, 1.54) is 0 Å². The molecule has 0 aliphatic carbocycles. The second-order valence-corrected chi connectivity index (χ2v) is 8.65. The summed E-state index contributed by atoms with van der Waals surface area (Å²) in [5.74, 6) is 2.12. The van der Waals surface area contributed by atoms with Gasteiger partial charge in [0.15, 0.2) is 0 Å². The number of amides is 1. The summed E-state index contributed by atoms with van der Waals surface area (Å²) >= 11 is 0. The smallest absolute Gasteiger partial charge is 0.227 e. The van der Waals surface area contributed by atoms with Gasteiger partial charge in [-0.1, -0.05) is 54.6 Å². The van der Waals surface area contributed by atoms with E-state index in [2.05, 4.69) is 23.3 Å². The molecule has 0 spiro atoms. The van der Waals surface area contributed by atoms with Crippen molar-refractivity contribution in [2.45, 2.75) is 31.7 Å². The van der Waals surface area contributed by atoms with E-state index in [1.807, 2.05) is 77.7 Å². The Morgan fingerprint density at radius 1 is 1.00 bits per heavy atom. The summed E-state index contributed by atoms with van der Waals surface area (Å²) in [5.41, 5.74) is 4.18. The minimum atomic E-state index is 0.0642. The van der Waals surface area contributed by atoms with Gasteiger partial charge in [0.2, 0.25) is 5.91 Å². The van der Waals surface area contributed by atoms with Crippen LogP contribution in [0.3, 0.4) is 0 Å². The topological polar surface area (TPSA) is 47.4 Å². The van der Waals surface area contributed by atoms with Gasteiger partial charge in [0, 0.05) is 31.1 Å². The van der Waals surface area contributed by atoms with Gasteiger partial charge in [0.05, 0.1) is 17.6 Å². The van der Waals surface area contributed by atoms with Gasteiger partial charge in [-0.05, 0) is 48.7 Å². The quantitative estimate of drug-likeness (QED) is 0.240. The van der Waals surface area contributed by atoms with Gasteiger partial charge in [0.25, 0.3) is 0 Å². The molecule has 0 bridgehead atoms. The second-order valence-electron chi connectivity index (χ2n) is 8.65. The van der Waals surface area contributed by atoms with Crippen molar-refractivity contribution in [1.82, 2.24) is 9.55 Å². The van der Waals surface area contributed by atoms with Crippen LogP contribution in [0.4, 0.5) is 5.69 Å². The Morgan fingerprint density at radius 3 is 2.62 bits per heavy atom. The molecule has 5 nitrogen and oxygen atoms in total. The van der Waals surface area contributed by atoms with Crippen LogP contribution in [-0.4, -0.2) is 28.6 Å². The molecule has 4 aromatic rings. The van der Waals surface area contributed by atoms with Crippen LogP contribution in [0.5, 0.6) is 5.75 Å². The van der Waals surface area contributed by atoms with Crippen molar-refractivity contribution >= 4 is 22.6 Å². The van der Waals surface area contributed by atoms with Crippen molar-refractivity contribution in [1.29, 1.82) is 0 Å². The Labute approximate surface area is 200 Å². The molecule has 1 fully saturated rings. The zero-order chi connectivity index (χ0) is 23.3. The molecule has 5 rings (SSSR count). The van der Waals surface area contributed by atoms with Gasteiger partial charge in [-0.15, -0.1) is 6.58 Å². The summed E-state index contributed by atoms with van der Waals surface area (Å²) in [4.78, 5) is 19.7. The fourth-order valence-electron chi connectivity index (χ4n) is 4.75. The van der Waals surface area contributed by atoms with Gasteiger partial charge in [-0.3, -0.25) is 4.79 Å². The highest BCUT2D eigenvalue weighted by Crippen LogP contribution is 2.33. The highest BCUT2D eigenvalue weighted by molar-refractivity contribution is 5.96. The predicted molar refractivity (Wildman–Crippen MR) is 136 cm³/mol. The van der Waals surface area contributed by atoms with Crippen molar-refractivity contribution in [3.05, 3.63) is 103 Å². The normalized spacial score (nSPS) is 15.7. The molecule has 0 N–H and O–H groups in total. The first-order chi connectivity index (χ1) is 16.7. The fraction of sp³-hybridized carbons (Fsp3) is 0.241. The largest absolute Gasteiger partial charge is 0.493 e. The van der Waals surface area contributed by atoms with E-state index in [1.54, 1.807) is 0 Å². The van der Waals surface area contributed by atoms with Gasteiger partial charge < -0.3 is 14.2 Å². The molecule has 34 heavy (non-hydrogen) atoms. The van der Waals surface area contributed by atoms with Crippen LogP contribution in [0.2, 0.25) is 0 Å². The number of carbonyl (C=O) groups is 1. The van der Waals surface area contributed by atoms with Crippen LogP contribution >= 0.6 is 0 Å². The Balaban J connectivity index is 1.33. The summed E-state index contributed by atoms with van der Waals surface area (Å²) < 4.78 is 8.39. The zero-order valence-corrected chi connectivity index (χ0v) is 19.3. The van der Waals surface area contributed by atoms with Crippen LogP contribution in [0.25, 0.3) is 11.0 Å². The molecule has 0 radical (unpaired) electrons. The third-order valence-electron chi connectivity index (χ3n) is 6.36. The molecule has 1 saturated heterocycles. The van der Waals surface area contributed by atoms with Gasteiger partial charge in [0.1, 0.15) is 11.6 Å². The highest BCUT2D eigenvalue weighted by atomic mass is 16.5. The Kier molecular flexibility index (Phi) is 6.43. The van der Waals surface area contributed by atoms with Gasteiger partial charge in [-0.25, -0.2) is 4.98 Å². The maximum atomic E-state index is 12.8. The SMILES string of the molecule is C=CCc1ccccc1OCCCn1c(C2CC(=O)N(c3ccccc3)C2)nc2ccccc21. The molecule has 1 aromatic heterocycles. The molecule has 2 heterocycles. The maximum Gasteiger partial charge on any atom is 0.227 e. The summed E-state index contributed by atoms with van der Waals surface area (Å²) in [6.45, 7) is 5.89. The molecular weight excluding hydrogens is 422 g/mol. The standard InChI is InChI=1S/C29H29N3O2/c1-2-11-22-12-6-9-17-27(22)34-19-10-18-31-26-16-8-7-15-25(26)30-29(31)23-20-28(33)32(21-23)24-13-4-3-5-14-24/h2-9,12-17,23H,1,10-11,18-21H2. The van der Waals surface area contributed by atoms with Crippen LogP contribution in [0, 0.1) is 0 Å². The lowest BCUT2D eigenvalue weighted by Gasteiger charge is -2.17. The van der Waals surface area contributed by atoms with Crippen molar-refractivity contribution < 1.29 is 9.53 Å². The van der Waals surface area contributed by atoms with Gasteiger partial charge >= 0.3 is 0 Å². The molecule has 172 valence electrons. The van der Waals surface area contributed by atoms with Crippen LogP contribution in [0.15, 0.2) is 91.5 Å². The number of nitrogens with zero attached hydrogens (tertiary/aromatic N) is 3. The molecular formula is C29H29N3O2. The molecule has 1 aliphatic rings. The van der Waals surface area contributed by atoms with Crippen LogP contribution in [-0.2, 0) is 17.8 Å². The number of rotatable bonds is 9. The predicted octanol–water partition coefficient (Wildman–Crippen LogP) is 5.75. The lowest BCUT2D eigenvalue weighted by molar-refractivity contribution is -0.117. The molecule has 0 saturated carbocycles. The lowest BCUT2D eigenvalue weighted by atomic mass is 10.1. The first kappa shape index (κ1) is 22.0. The number of benzene rings is 3. The molecule has 5 heteroatoms. The van der Waals surface area contributed by atoms with E-state index in [0.717, 1.165) is 53.2 Å². The first-order valence-electron chi connectivity index (χ1n) is 11.9. The molecule has 1 atom stereocenters. The van der Waals surface area contributed by atoms with E-state index in [9.17, 15) is 4.79 Å². The van der Waals surface area contributed by atoms with E-state index in [0.29, 0.717) is 19.6 Å². The third kappa shape index (κ3) is 4.46. The number of aryl methyl sites for hydroxylation is 1. The molecule has 1 amide bonds. The summed E-state index contributed by atoms with van der Waals surface area (Å²) in [7, 11) is 0. The fourth-order valence-corrected chi connectivity index (χ4v) is 4.75. The number of hydrogen-bond donors (Lipinski definition) is 0. The summed E-state index contributed by atoms with van der Waals surface area (Å²) in [5, 5.41) is 0. The number of imidazole rings is 1. The third-order valence-corrected chi connectivity index (χ3v) is 6.36. The zero-order valence-electron chi connectivity index (χ0n) is 19.3. The maximum absolute atomic E-state index is 12.8. The second kappa shape index (κ2) is 9.96. The lowest BCUT2D eigenvalue weighted by Crippen LogP contribution is -2.24. The van der Waals surface area contributed by atoms with Crippen molar-refractivity contribution in [2.75, 3.05) is 18.1 Å².